The molecule has 0 radical (unpaired) electrons. The first-order chi connectivity index (χ1) is 10.8. The van der Waals surface area contributed by atoms with E-state index in [2.05, 4.69) is 52.2 Å². The summed E-state index contributed by atoms with van der Waals surface area (Å²) in [6.07, 6.45) is 2.14. The second-order valence-corrected chi connectivity index (χ2v) is 6.72. The van der Waals surface area contributed by atoms with Crippen LogP contribution in [0, 0.1) is 0 Å². The Balaban J connectivity index is 1.87. The van der Waals surface area contributed by atoms with E-state index in [0.29, 0.717) is 0 Å². The molecular weight excluding hydrogens is 312 g/mol. The number of thiazole rings is 1. The van der Waals surface area contributed by atoms with Gasteiger partial charge in [0, 0.05) is 46.0 Å². The van der Waals surface area contributed by atoms with Crippen LogP contribution in [0.2, 0.25) is 0 Å². The van der Waals surface area contributed by atoms with Gasteiger partial charge in [0.05, 0.1) is 12.8 Å². The molecule has 0 amide bonds. The molecule has 22 heavy (non-hydrogen) atoms. The van der Waals surface area contributed by atoms with Crippen LogP contribution in [-0.4, -0.2) is 16.7 Å². The zero-order valence-electron chi connectivity index (χ0n) is 12.2. The van der Waals surface area contributed by atoms with E-state index in [4.69, 9.17) is 9.72 Å². The first-order valence-electron chi connectivity index (χ1n) is 6.88. The predicted molar refractivity (Wildman–Crippen MR) is 93.9 cm³/mol. The Kier molecular flexibility index (Phi) is 3.24. The third-order valence-electron chi connectivity index (χ3n) is 3.75. The summed E-state index contributed by atoms with van der Waals surface area (Å²) in [7, 11) is 3.76. The van der Waals surface area contributed by atoms with Gasteiger partial charge in [-0.1, -0.05) is 0 Å². The molecule has 0 saturated heterocycles. The van der Waals surface area contributed by atoms with Crippen molar-refractivity contribution in [2.75, 3.05) is 7.11 Å². The first-order valence-corrected chi connectivity index (χ1v) is 8.70. The number of methoxy groups -OCH3 is 1. The van der Waals surface area contributed by atoms with Crippen molar-refractivity contribution in [3.63, 3.8) is 0 Å². The predicted octanol–water partition coefficient (Wildman–Crippen LogP) is 5.04. The monoisotopic (exact) mass is 326 g/mol. The number of ether oxygens (including phenoxy) is 1. The Bertz CT molecular complexity index is 935. The maximum absolute atomic E-state index is 5.36. The van der Waals surface area contributed by atoms with Gasteiger partial charge in [0.25, 0.3) is 0 Å². The third-order valence-corrected chi connectivity index (χ3v) is 5.31. The molecule has 4 rings (SSSR count). The van der Waals surface area contributed by atoms with Gasteiger partial charge in [0.15, 0.2) is 0 Å². The highest BCUT2D eigenvalue weighted by Crippen LogP contribution is 2.36. The van der Waals surface area contributed by atoms with Gasteiger partial charge in [-0.3, -0.25) is 0 Å². The largest absolute Gasteiger partial charge is 0.497 e. The van der Waals surface area contributed by atoms with E-state index in [1.54, 1.807) is 29.8 Å². The molecule has 1 aromatic carbocycles. The topological polar surface area (TPSA) is 27.1 Å². The Hall–Kier alpha value is -2.11. The summed E-state index contributed by atoms with van der Waals surface area (Å²) < 4.78 is 7.50. The Labute approximate surface area is 136 Å². The third kappa shape index (κ3) is 2.14. The molecule has 0 bridgehead atoms. The highest BCUT2D eigenvalue weighted by molar-refractivity contribution is 7.13. The summed E-state index contributed by atoms with van der Waals surface area (Å²) in [5, 5.41) is 8.55. The Morgan fingerprint density at radius 3 is 2.86 bits per heavy atom. The summed E-state index contributed by atoms with van der Waals surface area (Å²) in [6, 6.07) is 8.27. The minimum absolute atomic E-state index is 0.870. The van der Waals surface area contributed by atoms with E-state index in [-0.39, 0.29) is 0 Å². The Morgan fingerprint density at radius 2 is 2.09 bits per heavy atom. The van der Waals surface area contributed by atoms with Crippen molar-refractivity contribution in [1.82, 2.24) is 9.55 Å². The molecule has 3 heterocycles. The fourth-order valence-electron chi connectivity index (χ4n) is 2.61. The SMILES string of the molecule is COc1ccc2c(c1)c(-c1nc(-c3ccsc3)cs1)cn2C. The first kappa shape index (κ1) is 13.5. The number of rotatable bonds is 3. The Morgan fingerprint density at radius 1 is 1.18 bits per heavy atom. The molecule has 3 aromatic heterocycles. The highest BCUT2D eigenvalue weighted by Gasteiger charge is 2.13. The molecule has 0 fully saturated rings. The fourth-order valence-corrected chi connectivity index (χ4v) is 4.11. The van der Waals surface area contributed by atoms with Gasteiger partial charge in [-0.25, -0.2) is 4.98 Å². The molecule has 0 saturated carbocycles. The van der Waals surface area contributed by atoms with Crippen molar-refractivity contribution >= 4 is 33.6 Å². The zero-order chi connectivity index (χ0) is 15.1. The van der Waals surface area contributed by atoms with Crippen molar-refractivity contribution in [1.29, 1.82) is 0 Å². The van der Waals surface area contributed by atoms with Crippen LogP contribution in [0.1, 0.15) is 0 Å². The van der Waals surface area contributed by atoms with E-state index in [9.17, 15) is 0 Å². The average molecular weight is 326 g/mol. The second-order valence-electron chi connectivity index (χ2n) is 5.09. The molecule has 0 spiro atoms. The van der Waals surface area contributed by atoms with Gasteiger partial charge in [0.2, 0.25) is 0 Å². The second kappa shape index (κ2) is 5.26. The highest BCUT2D eigenvalue weighted by atomic mass is 32.1. The molecule has 0 aliphatic heterocycles. The number of hydrogen-bond donors (Lipinski definition) is 0. The van der Waals surface area contributed by atoms with Crippen LogP contribution < -0.4 is 4.74 Å². The minimum atomic E-state index is 0.870. The lowest BCUT2D eigenvalue weighted by Crippen LogP contribution is -1.84. The van der Waals surface area contributed by atoms with Crippen LogP contribution in [0.4, 0.5) is 0 Å². The summed E-state index contributed by atoms with van der Waals surface area (Å²) in [4.78, 5) is 4.81. The van der Waals surface area contributed by atoms with Crippen LogP contribution in [0.5, 0.6) is 5.75 Å². The summed E-state index contributed by atoms with van der Waals surface area (Å²) in [5.41, 5.74) is 4.57. The van der Waals surface area contributed by atoms with Crippen LogP contribution in [-0.2, 0) is 7.05 Å². The molecule has 4 aromatic rings. The molecule has 0 aliphatic carbocycles. The van der Waals surface area contributed by atoms with Crippen molar-refractivity contribution in [3.05, 3.63) is 46.6 Å². The zero-order valence-corrected chi connectivity index (χ0v) is 13.9. The van der Waals surface area contributed by atoms with Gasteiger partial charge in [-0.15, -0.1) is 11.3 Å². The van der Waals surface area contributed by atoms with Crippen LogP contribution in [0.15, 0.2) is 46.6 Å². The van der Waals surface area contributed by atoms with Crippen molar-refractivity contribution in [2.24, 2.45) is 7.05 Å². The minimum Gasteiger partial charge on any atom is -0.497 e. The normalized spacial score (nSPS) is 11.2. The quantitative estimate of drug-likeness (QED) is 0.527. The number of nitrogens with zero attached hydrogens (tertiary/aromatic N) is 2. The van der Waals surface area contributed by atoms with E-state index >= 15 is 0 Å². The number of fused-ring (bicyclic) bond motifs is 1. The maximum Gasteiger partial charge on any atom is 0.126 e. The van der Waals surface area contributed by atoms with E-state index < -0.39 is 0 Å². The van der Waals surface area contributed by atoms with Crippen molar-refractivity contribution in [3.8, 4) is 27.6 Å². The number of aryl methyl sites for hydroxylation is 1. The van der Waals surface area contributed by atoms with Crippen molar-refractivity contribution in [2.45, 2.75) is 0 Å². The van der Waals surface area contributed by atoms with Crippen LogP contribution in [0.3, 0.4) is 0 Å². The van der Waals surface area contributed by atoms with Crippen molar-refractivity contribution < 1.29 is 4.74 Å². The molecule has 5 heteroatoms. The molecule has 0 atom stereocenters. The maximum atomic E-state index is 5.36. The smallest absolute Gasteiger partial charge is 0.126 e. The number of benzene rings is 1. The summed E-state index contributed by atoms with van der Waals surface area (Å²) >= 11 is 3.38. The molecule has 110 valence electrons. The van der Waals surface area contributed by atoms with Crippen LogP contribution in [0.25, 0.3) is 32.7 Å². The number of aromatic nitrogens is 2. The number of thiophene rings is 1. The molecule has 3 nitrogen and oxygen atoms in total. The van der Waals surface area contributed by atoms with E-state index in [1.807, 2.05) is 6.07 Å². The van der Waals surface area contributed by atoms with Gasteiger partial charge in [-0.05, 0) is 29.6 Å². The molecular formula is C17H14N2OS2. The van der Waals surface area contributed by atoms with Gasteiger partial charge in [0.1, 0.15) is 10.8 Å². The standard InChI is InChI=1S/C17H14N2OS2/c1-19-8-14(13-7-12(20-2)3-4-16(13)19)17-18-15(10-22-17)11-5-6-21-9-11/h3-10H,1-2H3. The lowest BCUT2D eigenvalue weighted by molar-refractivity contribution is 0.415. The van der Waals surface area contributed by atoms with E-state index in [1.165, 1.54) is 16.5 Å². The molecule has 0 aliphatic rings. The van der Waals surface area contributed by atoms with Gasteiger partial charge >= 0.3 is 0 Å². The van der Waals surface area contributed by atoms with Gasteiger partial charge in [-0.2, -0.15) is 11.3 Å². The molecule has 0 unspecified atom stereocenters. The van der Waals surface area contributed by atoms with Crippen LogP contribution >= 0.6 is 22.7 Å². The summed E-state index contributed by atoms with van der Waals surface area (Å²) in [5.74, 6) is 0.870. The lowest BCUT2D eigenvalue weighted by Gasteiger charge is -2.01. The number of hydrogen-bond acceptors (Lipinski definition) is 4. The van der Waals surface area contributed by atoms with E-state index in [0.717, 1.165) is 22.0 Å². The average Bonchev–Trinajstić information content (AvgIpc) is 3.26. The lowest BCUT2D eigenvalue weighted by atomic mass is 10.1. The fraction of sp³-hybridized carbons (Fsp3) is 0.118. The van der Waals surface area contributed by atoms with Gasteiger partial charge < -0.3 is 9.30 Å². The summed E-state index contributed by atoms with van der Waals surface area (Å²) in [6.45, 7) is 0. The molecule has 0 N–H and O–H groups in total.